The summed E-state index contributed by atoms with van der Waals surface area (Å²) in [5.41, 5.74) is -0.654. The zero-order valence-electron chi connectivity index (χ0n) is 22.2. The number of aliphatic hydroxyl groups is 1. The highest BCUT2D eigenvalue weighted by Crippen LogP contribution is 2.40. The molecule has 0 aliphatic rings. The van der Waals surface area contributed by atoms with E-state index in [9.17, 15) is 19.5 Å². The molecular weight excluding hydrogens is 500 g/mol. The molecule has 0 saturated carbocycles. The number of methoxy groups -OCH3 is 1. The van der Waals surface area contributed by atoms with Gasteiger partial charge in [-0.1, -0.05) is 30.3 Å². The molecule has 39 heavy (non-hydrogen) atoms. The number of nitrogens with one attached hydrogen (secondary N) is 1. The summed E-state index contributed by atoms with van der Waals surface area (Å²) < 4.78 is 17.3. The van der Waals surface area contributed by atoms with Gasteiger partial charge >= 0.3 is 17.5 Å². The molecule has 3 aromatic carbocycles. The van der Waals surface area contributed by atoms with Gasteiger partial charge in [0.15, 0.2) is 0 Å². The summed E-state index contributed by atoms with van der Waals surface area (Å²) in [5, 5.41) is 15.4. The number of rotatable bonds is 9. The minimum absolute atomic E-state index is 0.0657. The topological polar surface area (TPSA) is 116 Å². The molecule has 0 unspecified atom stereocenters. The molecule has 0 radical (unpaired) electrons. The normalized spacial score (nSPS) is 11.2. The molecule has 0 saturated heterocycles. The van der Waals surface area contributed by atoms with E-state index in [0.717, 1.165) is 0 Å². The molecule has 0 fully saturated rings. The molecule has 0 bridgehead atoms. The summed E-state index contributed by atoms with van der Waals surface area (Å²) in [6.45, 7) is 4.69. The number of aromatic nitrogens is 1. The number of anilines is 1. The highest BCUT2D eigenvalue weighted by molar-refractivity contribution is 6.08. The fourth-order valence-electron chi connectivity index (χ4n) is 4.54. The number of esters is 2. The summed E-state index contributed by atoms with van der Waals surface area (Å²) in [6, 6.07) is 20.8. The number of aryl methyl sites for hydroxylation is 1. The molecule has 1 heterocycles. The Kier molecular flexibility index (Phi) is 8.01. The maximum absolute atomic E-state index is 13.3. The van der Waals surface area contributed by atoms with Crippen LogP contribution in [0, 0.1) is 6.92 Å². The molecule has 1 aromatic heterocycles. The lowest BCUT2D eigenvalue weighted by atomic mass is 9.95. The third-order valence-electron chi connectivity index (χ3n) is 6.34. The third kappa shape index (κ3) is 4.96. The van der Waals surface area contributed by atoms with E-state index in [1.165, 1.54) is 7.11 Å². The zero-order chi connectivity index (χ0) is 28.2. The van der Waals surface area contributed by atoms with Gasteiger partial charge in [-0.05, 0) is 68.8 Å². The lowest BCUT2D eigenvalue weighted by Gasteiger charge is -2.27. The predicted molar refractivity (Wildman–Crippen MR) is 146 cm³/mol. The van der Waals surface area contributed by atoms with E-state index in [0.29, 0.717) is 39.2 Å². The summed E-state index contributed by atoms with van der Waals surface area (Å²) in [4.78, 5) is 39.7. The van der Waals surface area contributed by atoms with Crippen LogP contribution in [-0.2, 0) is 24.7 Å². The van der Waals surface area contributed by atoms with Crippen LogP contribution in [-0.4, -0.2) is 47.8 Å². The number of amides is 1. The van der Waals surface area contributed by atoms with Crippen molar-refractivity contribution in [1.82, 2.24) is 4.57 Å². The number of benzene rings is 3. The van der Waals surface area contributed by atoms with Gasteiger partial charge in [-0.15, -0.1) is 0 Å². The second-order valence-electron chi connectivity index (χ2n) is 8.68. The Bertz CT molecular complexity index is 1510. The molecule has 1 amide bonds. The maximum atomic E-state index is 13.3. The number of para-hydroxylation sites is 2. The zero-order valence-corrected chi connectivity index (χ0v) is 22.2. The van der Waals surface area contributed by atoms with Crippen LogP contribution >= 0.6 is 0 Å². The van der Waals surface area contributed by atoms with Gasteiger partial charge in [0.05, 0.1) is 42.9 Å². The number of ether oxygens (including phenoxy) is 3. The lowest BCUT2D eigenvalue weighted by Crippen LogP contribution is -2.48. The molecular formula is C30H30N2O7. The Morgan fingerprint density at radius 2 is 1.51 bits per heavy atom. The standard InChI is InChI=1S/C30H30N2O7/c1-5-38-28(34)30(36,29(35)39-6-2)26-19(3)22-18-21(37-4)16-17-24(22)32(26)25-15-11-10-14-23(25)31-27(33)20-12-8-7-9-13-20/h7-18,36H,5-6H2,1-4H3,(H,31,33). The van der Waals surface area contributed by atoms with Gasteiger partial charge in [-0.2, -0.15) is 0 Å². The number of nitrogens with zero attached hydrogens (tertiary/aromatic N) is 1. The second-order valence-corrected chi connectivity index (χ2v) is 8.68. The number of hydrogen-bond donors (Lipinski definition) is 2. The van der Waals surface area contributed by atoms with Gasteiger partial charge in [0, 0.05) is 10.9 Å². The van der Waals surface area contributed by atoms with E-state index in [1.54, 1.807) is 92.1 Å². The molecule has 202 valence electrons. The van der Waals surface area contributed by atoms with Crippen molar-refractivity contribution in [3.05, 3.63) is 89.6 Å². The fraction of sp³-hybridized carbons (Fsp3) is 0.233. The van der Waals surface area contributed by atoms with E-state index >= 15 is 0 Å². The largest absolute Gasteiger partial charge is 0.497 e. The first kappa shape index (κ1) is 27.4. The molecule has 0 atom stereocenters. The average Bonchev–Trinajstić information content (AvgIpc) is 3.25. The molecule has 2 N–H and O–H groups in total. The van der Waals surface area contributed by atoms with E-state index in [-0.39, 0.29) is 24.8 Å². The molecule has 0 spiro atoms. The van der Waals surface area contributed by atoms with Gasteiger partial charge in [0.25, 0.3) is 5.91 Å². The first-order valence-corrected chi connectivity index (χ1v) is 12.5. The SMILES string of the molecule is CCOC(=O)C(O)(C(=O)OCC)c1c(C)c2cc(OC)ccc2n1-c1ccccc1NC(=O)c1ccccc1. The third-order valence-corrected chi connectivity index (χ3v) is 6.34. The van der Waals surface area contributed by atoms with Crippen molar-refractivity contribution in [1.29, 1.82) is 0 Å². The maximum Gasteiger partial charge on any atom is 0.356 e. The number of hydrogen-bond acceptors (Lipinski definition) is 7. The van der Waals surface area contributed by atoms with Crippen molar-refractivity contribution < 1.29 is 33.7 Å². The van der Waals surface area contributed by atoms with Crippen molar-refractivity contribution in [2.45, 2.75) is 26.4 Å². The van der Waals surface area contributed by atoms with Gasteiger partial charge in [-0.3, -0.25) is 4.79 Å². The van der Waals surface area contributed by atoms with Crippen molar-refractivity contribution >= 4 is 34.4 Å². The first-order valence-electron chi connectivity index (χ1n) is 12.5. The Hall–Kier alpha value is -4.63. The van der Waals surface area contributed by atoms with E-state index < -0.39 is 17.5 Å². The number of carbonyl (C=O) groups is 3. The van der Waals surface area contributed by atoms with Gasteiger partial charge in [0.2, 0.25) is 0 Å². The van der Waals surface area contributed by atoms with Crippen LogP contribution in [0.25, 0.3) is 16.6 Å². The molecule has 0 aliphatic carbocycles. The lowest BCUT2D eigenvalue weighted by molar-refractivity contribution is -0.185. The van der Waals surface area contributed by atoms with Crippen molar-refractivity contribution in [3.8, 4) is 11.4 Å². The van der Waals surface area contributed by atoms with Gasteiger partial charge in [0.1, 0.15) is 5.75 Å². The Labute approximate surface area is 225 Å². The summed E-state index contributed by atoms with van der Waals surface area (Å²) in [6.07, 6.45) is 0. The summed E-state index contributed by atoms with van der Waals surface area (Å²) in [7, 11) is 1.52. The van der Waals surface area contributed by atoms with Crippen LogP contribution in [0.15, 0.2) is 72.8 Å². The van der Waals surface area contributed by atoms with Crippen LogP contribution in [0.1, 0.15) is 35.5 Å². The quantitative estimate of drug-likeness (QED) is 0.242. The molecule has 9 heteroatoms. The second kappa shape index (κ2) is 11.4. The minimum atomic E-state index is -2.81. The molecule has 9 nitrogen and oxygen atoms in total. The van der Waals surface area contributed by atoms with E-state index in [1.807, 2.05) is 6.07 Å². The minimum Gasteiger partial charge on any atom is -0.497 e. The van der Waals surface area contributed by atoms with Crippen LogP contribution < -0.4 is 10.1 Å². The van der Waals surface area contributed by atoms with E-state index in [4.69, 9.17) is 14.2 Å². The highest BCUT2D eigenvalue weighted by Gasteiger charge is 2.53. The van der Waals surface area contributed by atoms with Gasteiger partial charge in [-0.25, -0.2) is 9.59 Å². The number of carbonyl (C=O) groups excluding carboxylic acids is 3. The predicted octanol–water partition coefficient (Wildman–Crippen LogP) is 4.51. The van der Waals surface area contributed by atoms with Crippen molar-refractivity contribution in [2.24, 2.45) is 0 Å². The Morgan fingerprint density at radius 1 is 0.897 bits per heavy atom. The van der Waals surface area contributed by atoms with Crippen LogP contribution in [0.4, 0.5) is 5.69 Å². The van der Waals surface area contributed by atoms with Crippen LogP contribution in [0.2, 0.25) is 0 Å². The van der Waals surface area contributed by atoms with Gasteiger partial charge < -0.3 is 29.2 Å². The summed E-state index contributed by atoms with van der Waals surface area (Å²) in [5.74, 6) is -2.16. The fourth-order valence-corrected chi connectivity index (χ4v) is 4.54. The monoisotopic (exact) mass is 530 g/mol. The smallest absolute Gasteiger partial charge is 0.356 e. The molecule has 4 rings (SSSR count). The molecule has 4 aromatic rings. The summed E-state index contributed by atoms with van der Waals surface area (Å²) >= 11 is 0. The first-order chi connectivity index (χ1) is 18.8. The number of fused-ring (bicyclic) bond motifs is 1. The van der Waals surface area contributed by atoms with E-state index in [2.05, 4.69) is 5.32 Å². The highest BCUT2D eigenvalue weighted by atomic mass is 16.6. The average molecular weight is 531 g/mol. The van der Waals surface area contributed by atoms with Crippen LogP contribution in [0.5, 0.6) is 5.75 Å². The Morgan fingerprint density at radius 3 is 2.13 bits per heavy atom. The van der Waals surface area contributed by atoms with Crippen molar-refractivity contribution in [2.75, 3.05) is 25.6 Å². The van der Waals surface area contributed by atoms with Crippen LogP contribution in [0.3, 0.4) is 0 Å². The molecule has 0 aliphatic heterocycles. The Balaban J connectivity index is 2.03. The van der Waals surface area contributed by atoms with Crippen molar-refractivity contribution in [3.63, 3.8) is 0 Å².